The van der Waals surface area contributed by atoms with Gasteiger partial charge in [0, 0.05) is 13.0 Å². The molecule has 6 nitrogen and oxygen atoms in total. The number of carbonyl (C=O) groups is 1. The van der Waals surface area contributed by atoms with Crippen molar-refractivity contribution in [1.82, 2.24) is 4.90 Å². The molecular weight excluding hydrogens is 394 g/mol. The lowest BCUT2D eigenvalue weighted by molar-refractivity contribution is -0.151. The van der Waals surface area contributed by atoms with Crippen molar-refractivity contribution in [1.29, 1.82) is 0 Å². The number of ether oxygens (including phenoxy) is 3. The van der Waals surface area contributed by atoms with Crippen LogP contribution in [0.25, 0.3) is 0 Å². The molecule has 0 aliphatic rings. The first kappa shape index (κ1) is 24.3. The number of para-hydroxylation sites is 1. The quantitative estimate of drug-likeness (QED) is 0.382. The fourth-order valence-electron chi connectivity index (χ4n) is 3.16. The summed E-state index contributed by atoms with van der Waals surface area (Å²) >= 11 is 0. The number of aliphatic hydroxyl groups excluding tert-OH is 1. The van der Waals surface area contributed by atoms with Gasteiger partial charge in [-0.05, 0) is 56.3 Å². The van der Waals surface area contributed by atoms with E-state index >= 15 is 0 Å². The van der Waals surface area contributed by atoms with Crippen molar-refractivity contribution in [3.63, 3.8) is 0 Å². The highest BCUT2D eigenvalue weighted by molar-refractivity contribution is 5.69. The second-order valence-corrected chi connectivity index (χ2v) is 7.71. The number of allylic oxidation sites excluding steroid dienone is 1. The van der Waals surface area contributed by atoms with E-state index < -0.39 is 6.10 Å². The molecule has 0 bridgehead atoms. The number of likely N-dealkylation sites (N-methyl/N-ethyl adjacent to an activating group) is 1. The SMILES string of the molecule is C=C(O)CCC(=O)O[C@@H](COc1ccccc1CCc1cccc(OC)c1)CN(C)C. The summed E-state index contributed by atoms with van der Waals surface area (Å²) in [7, 11) is 5.50. The number of methoxy groups -OCH3 is 1. The first-order chi connectivity index (χ1) is 14.9. The van der Waals surface area contributed by atoms with Crippen molar-refractivity contribution < 1.29 is 24.1 Å². The molecule has 2 aromatic rings. The highest BCUT2D eigenvalue weighted by atomic mass is 16.6. The minimum Gasteiger partial charge on any atom is -0.513 e. The van der Waals surface area contributed by atoms with Crippen molar-refractivity contribution in [2.75, 3.05) is 34.4 Å². The number of benzene rings is 2. The Labute approximate surface area is 185 Å². The zero-order valence-corrected chi connectivity index (χ0v) is 18.7. The minimum atomic E-state index is -0.416. The zero-order valence-electron chi connectivity index (χ0n) is 18.7. The van der Waals surface area contributed by atoms with Gasteiger partial charge in [0.15, 0.2) is 0 Å². The van der Waals surface area contributed by atoms with Gasteiger partial charge in [-0.25, -0.2) is 0 Å². The van der Waals surface area contributed by atoms with Crippen LogP contribution in [-0.4, -0.2) is 56.4 Å². The molecule has 0 fully saturated rings. The summed E-state index contributed by atoms with van der Waals surface area (Å²) in [5.74, 6) is 1.23. The monoisotopic (exact) mass is 427 g/mol. The third kappa shape index (κ3) is 9.13. The van der Waals surface area contributed by atoms with Crippen LogP contribution in [0.4, 0.5) is 0 Å². The molecule has 0 radical (unpaired) electrons. The van der Waals surface area contributed by atoms with E-state index in [1.54, 1.807) is 7.11 Å². The Morgan fingerprint density at radius 2 is 1.87 bits per heavy atom. The van der Waals surface area contributed by atoms with Gasteiger partial charge in [-0.15, -0.1) is 0 Å². The summed E-state index contributed by atoms with van der Waals surface area (Å²) in [5.41, 5.74) is 2.29. The van der Waals surface area contributed by atoms with Crippen LogP contribution in [0.3, 0.4) is 0 Å². The summed E-state index contributed by atoms with van der Waals surface area (Å²) < 4.78 is 16.9. The fraction of sp³-hybridized carbons (Fsp3) is 0.400. The number of rotatable bonds is 13. The molecule has 168 valence electrons. The third-order valence-corrected chi connectivity index (χ3v) is 4.70. The predicted octanol–water partition coefficient (Wildman–Crippen LogP) is 4.18. The molecule has 0 saturated heterocycles. The van der Waals surface area contributed by atoms with Crippen LogP contribution in [0, 0.1) is 0 Å². The molecule has 31 heavy (non-hydrogen) atoms. The Kier molecular flexibility index (Phi) is 9.91. The molecule has 0 spiro atoms. The van der Waals surface area contributed by atoms with Gasteiger partial charge in [0.25, 0.3) is 0 Å². The van der Waals surface area contributed by atoms with Crippen LogP contribution >= 0.6 is 0 Å². The number of aryl methyl sites for hydroxylation is 2. The summed E-state index contributed by atoms with van der Waals surface area (Å²) in [5, 5.41) is 9.18. The second kappa shape index (κ2) is 12.6. The number of aliphatic hydroxyl groups is 1. The normalized spacial score (nSPS) is 11.7. The van der Waals surface area contributed by atoms with Gasteiger partial charge in [0.1, 0.15) is 24.2 Å². The van der Waals surface area contributed by atoms with Crippen LogP contribution in [0.1, 0.15) is 24.0 Å². The highest BCUT2D eigenvalue weighted by Gasteiger charge is 2.17. The van der Waals surface area contributed by atoms with Crippen molar-refractivity contribution >= 4 is 5.97 Å². The van der Waals surface area contributed by atoms with E-state index in [-0.39, 0.29) is 31.2 Å². The average molecular weight is 428 g/mol. The fourth-order valence-corrected chi connectivity index (χ4v) is 3.16. The first-order valence-electron chi connectivity index (χ1n) is 10.4. The lowest BCUT2D eigenvalue weighted by Gasteiger charge is -2.22. The van der Waals surface area contributed by atoms with E-state index in [4.69, 9.17) is 14.2 Å². The van der Waals surface area contributed by atoms with Crippen molar-refractivity contribution in [2.45, 2.75) is 31.8 Å². The number of nitrogens with zero attached hydrogens (tertiary/aromatic N) is 1. The number of hydrogen-bond acceptors (Lipinski definition) is 6. The maximum Gasteiger partial charge on any atom is 0.306 e. The second-order valence-electron chi connectivity index (χ2n) is 7.71. The standard InChI is InChI=1S/C25H33NO5/c1-19(27)12-15-25(28)31-23(17-26(2)3)18-30-24-11-6-5-9-21(24)14-13-20-8-7-10-22(16-20)29-4/h5-11,16,23,27H,1,12-15,17-18H2,2-4H3/t23-/m1/s1. The van der Waals surface area contributed by atoms with Crippen LogP contribution in [0.5, 0.6) is 11.5 Å². The average Bonchev–Trinajstić information content (AvgIpc) is 2.75. The van der Waals surface area contributed by atoms with Crippen LogP contribution in [0.15, 0.2) is 60.9 Å². The summed E-state index contributed by atoms with van der Waals surface area (Å²) in [4.78, 5) is 14.0. The van der Waals surface area contributed by atoms with E-state index in [2.05, 4.69) is 18.7 Å². The first-order valence-corrected chi connectivity index (χ1v) is 10.4. The third-order valence-electron chi connectivity index (χ3n) is 4.70. The highest BCUT2D eigenvalue weighted by Crippen LogP contribution is 2.22. The maximum atomic E-state index is 12.1. The topological polar surface area (TPSA) is 68.2 Å². The van der Waals surface area contributed by atoms with E-state index in [1.165, 1.54) is 5.56 Å². The molecule has 1 atom stereocenters. The van der Waals surface area contributed by atoms with Gasteiger partial charge < -0.3 is 24.2 Å². The molecule has 0 heterocycles. The van der Waals surface area contributed by atoms with Crippen molar-refractivity contribution in [3.8, 4) is 11.5 Å². The van der Waals surface area contributed by atoms with Gasteiger partial charge >= 0.3 is 5.97 Å². The Balaban J connectivity index is 1.98. The Hall–Kier alpha value is -2.99. The largest absolute Gasteiger partial charge is 0.513 e. The number of carbonyl (C=O) groups excluding carboxylic acids is 1. The van der Waals surface area contributed by atoms with E-state index in [9.17, 15) is 9.90 Å². The lowest BCUT2D eigenvalue weighted by Crippen LogP contribution is -2.35. The summed E-state index contributed by atoms with van der Waals surface area (Å²) in [6.07, 6.45) is 1.55. The maximum absolute atomic E-state index is 12.1. The molecule has 6 heteroatoms. The number of hydrogen-bond donors (Lipinski definition) is 1. The molecule has 0 aliphatic carbocycles. The Morgan fingerprint density at radius 1 is 1.10 bits per heavy atom. The zero-order chi connectivity index (χ0) is 22.6. The predicted molar refractivity (Wildman–Crippen MR) is 122 cm³/mol. The molecule has 0 amide bonds. The summed E-state index contributed by atoms with van der Waals surface area (Å²) in [6.45, 7) is 4.19. The van der Waals surface area contributed by atoms with Gasteiger partial charge in [0.2, 0.25) is 0 Å². The van der Waals surface area contributed by atoms with Gasteiger partial charge in [-0.2, -0.15) is 0 Å². The Bertz CT molecular complexity index is 849. The van der Waals surface area contributed by atoms with E-state index in [0.29, 0.717) is 6.54 Å². The van der Waals surface area contributed by atoms with Crippen LogP contribution in [0.2, 0.25) is 0 Å². The van der Waals surface area contributed by atoms with Crippen LogP contribution < -0.4 is 9.47 Å². The lowest BCUT2D eigenvalue weighted by atomic mass is 10.0. The smallest absolute Gasteiger partial charge is 0.306 e. The van der Waals surface area contributed by atoms with Gasteiger partial charge in [-0.3, -0.25) is 4.79 Å². The van der Waals surface area contributed by atoms with E-state index in [1.807, 2.05) is 55.4 Å². The van der Waals surface area contributed by atoms with Crippen molar-refractivity contribution in [2.24, 2.45) is 0 Å². The molecule has 1 N–H and O–H groups in total. The van der Waals surface area contributed by atoms with Crippen LogP contribution in [-0.2, 0) is 22.4 Å². The Morgan fingerprint density at radius 3 is 2.58 bits per heavy atom. The number of esters is 1. The van der Waals surface area contributed by atoms with Crippen molar-refractivity contribution in [3.05, 3.63) is 72.0 Å². The van der Waals surface area contributed by atoms with Gasteiger partial charge in [-0.1, -0.05) is 36.9 Å². The molecule has 0 aromatic heterocycles. The molecule has 0 saturated carbocycles. The molecule has 2 rings (SSSR count). The molecule has 2 aromatic carbocycles. The minimum absolute atomic E-state index is 0.0256. The summed E-state index contributed by atoms with van der Waals surface area (Å²) in [6, 6.07) is 16.0. The van der Waals surface area contributed by atoms with Gasteiger partial charge in [0.05, 0.1) is 19.3 Å². The molecule has 0 aliphatic heterocycles. The molecule has 0 unspecified atom stereocenters. The molecular formula is C25H33NO5. The van der Waals surface area contributed by atoms with E-state index in [0.717, 1.165) is 29.9 Å².